The number of carbonyl (C=O) groups is 1. The summed E-state index contributed by atoms with van der Waals surface area (Å²) in [5.41, 5.74) is 10.4. The standard InChI is InChI=1S/C28H30FN7O3.C2HF3O2/c1-2-36-26-22(38-15-7-6-13-31-14-12-18-10-11-21(37)20(29)16-18)17-32-23(19-8-4-3-5-9-19)24(26)33-28(36)25-27(30)35-39-34-25;3-2(4,5)1(6)7/h3-5,8-11,16-17,31,37H,2,6-7,12-15H2,1H3,(H2,30,35);(H,6,7). The number of nitrogens with zero attached hydrogens (tertiary/aromatic N) is 5. The zero-order chi connectivity index (χ0) is 33.3. The molecule has 0 aliphatic rings. The van der Waals surface area contributed by atoms with Gasteiger partial charge in [0.25, 0.3) is 0 Å². The molecule has 0 fully saturated rings. The van der Waals surface area contributed by atoms with Crippen molar-refractivity contribution in [3.05, 3.63) is 66.1 Å². The highest BCUT2D eigenvalue weighted by Crippen LogP contribution is 2.36. The van der Waals surface area contributed by atoms with Gasteiger partial charge < -0.3 is 30.6 Å². The van der Waals surface area contributed by atoms with Gasteiger partial charge in [0.05, 0.1) is 18.5 Å². The number of carboxylic acids is 1. The highest BCUT2D eigenvalue weighted by molar-refractivity contribution is 5.95. The maximum atomic E-state index is 13.5. The van der Waals surface area contributed by atoms with E-state index in [9.17, 15) is 22.7 Å². The molecule has 0 bridgehead atoms. The van der Waals surface area contributed by atoms with Gasteiger partial charge in [0, 0.05) is 12.1 Å². The maximum Gasteiger partial charge on any atom is 0.490 e. The van der Waals surface area contributed by atoms with E-state index in [1.54, 1.807) is 12.3 Å². The number of halogens is 4. The van der Waals surface area contributed by atoms with E-state index in [0.29, 0.717) is 42.4 Å². The molecule has 0 aliphatic carbocycles. The van der Waals surface area contributed by atoms with Crippen molar-refractivity contribution in [2.45, 2.75) is 38.9 Å². The highest BCUT2D eigenvalue weighted by Gasteiger charge is 2.38. The Labute approximate surface area is 259 Å². The van der Waals surface area contributed by atoms with E-state index in [1.807, 2.05) is 41.8 Å². The number of aromatic nitrogens is 5. The Morgan fingerprint density at radius 3 is 2.46 bits per heavy atom. The number of fused-ring (bicyclic) bond motifs is 1. The number of rotatable bonds is 12. The van der Waals surface area contributed by atoms with E-state index >= 15 is 0 Å². The molecule has 0 saturated heterocycles. The van der Waals surface area contributed by atoms with Gasteiger partial charge in [-0.05, 0) is 67.3 Å². The van der Waals surface area contributed by atoms with Crippen LogP contribution in [0.15, 0.2) is 59.4 Å². The van der Waals surface area contributed by atoms with Crippen LogP contribution in [0.5, 0.6) is 11.5 Å². The summed E-state index contributed by atoms with van der Waals surface area (Å²) >= 11 is 0. The molecule has 0 unspecified atom stereocenters. The van der Waals surface area contributed by atoms with Gasteiger partial charge in [-0.15, -0.1) is 0 Å². The summed E-state index contributed by atoms with van der Waals surface area (Å²) in [7, 11) is 0. The van der Waals surface area contributed by atoms with Crippen molar-refractivity contribution in [2.24, 2.45) is 0 Å². The molecule has 244 valence electrons. The third-order valence-corrected chi connectivity index (χ3v) is 6.68. The Hall–Kier alpha value is -5.25. The number of pyridine rings is 1. The summed E-state index contributed by atoms with van der Waals surface area (Å²) in [5.74, 6) is -2.34. The van der Waals surface area contributed by atoms with E-state index in [1.165, 1.54) is 12.1 Å². The van der Waals surface area contributed by atoms with Crippen molar-refractivity contribution >= 4 is 22.8 Å². The Morgan fingerprint density at radius 2 is 1.83 bits per heavy atom. The van der Waals surface area contributed by atoms with Gasteiger partial charge in [0.1, 0.15) is 11.0 Å². The second kappa shape index (κ2) is 15.2. The molecule has 5 rings (SSSR count). The molecule has 5 aromatic rings. The van der Waals surface area contributed by atoms with Gasteiger partial charge in [0.2, 0.25) is 0 Å². The SMILES string of the molecule is CCn1c(-c2nonc2N)nc2c(-c3ccccc3)ncc(OCCCCNCCc3ccc(O)c(F)c3)c21.O=C(O)C(F)(F)F. The largest absolute Gasteiger partial charge is 0.505 e. The molecule has 0 radical (unpaired) electrons. The van der Waals surface area contributed by atoms with Crippen molar-refractivity contribution in [3.63, 3.8) is 0 Å². The van der Waals surface area contributed by atoms with Crippen LogP contribution in [-0.2, 0) is 17.8 Å². The van der Waals surface area contributed by atoms with Crippen molar-refractivity contribution in [1.82, 2.24) is 30.2 Å². The van der Waals surface area contributed by atoms with Crippen LogP contribution in [0.25, 0.3) is 33.8 Å². The van der Waals surface area contributed by atoms with Gasteiger partial charge in [-0.1, -0.05) is 36.4 Å². The normalized spacial score (nSPS) is 11.3. The van der Waals surface area contributed by atoms with Crippen LogP contribution in [0.2, 0.25) is 0 Å². The number of hydrogen-bond acceptors (Lipinski definition) is 10. The molecule has 46 heavy (non-hydrogen) atoms. The Balaban J connectivity index is 0.000000617. The van der Waals surface area contributed by atoms with Crippen LogP contribution in [0, 0.1) is 5.82 Å². The molecule has 0 amide bonds. The number of imidazole rings is 1. The molecular formula is C30H31F4N7O5. The van der Waals surface area contributed by atoms with Crippen LogP contribution in [0.4, 0.5) is 23.4 Å². The lowest BCUT2D eigenvalue weighted by Crippen LogP contribution is -2.21. The van der Waals surface area contributed by atoms with Gasteiger partial charge in [-0.2, -0.15) is 13.2 Å². The molecule has 12 nitrogen and oxygen atoms in total. The summed E-state index contributed by atoms with van der Waals surface area (Å²) in [6, 6.07) is 14.3. The van der Waals surface area contributed by atoms with E-state index < -0.39 is 18.0 Å². The fraction of sp³-hybridized carbons (Fsp3) is 0.300. The number of ether oxygens (including phenoxy) is 1. The van der Waals surface area contributed by atoms with Gasteiger partial charge in [-0.3, -0.25) is 0 Å². The first kappa shape index (κ1) is 33.6. The third kappa shape index (κ3) is 8.26. The lowest BCUT2D eigenvalue weighted by Gasteiger charge is -2.12. The van der Waals surface area contributed by atoms with Crippen molar-refractivity contribution in [1.29, 1.82) is 0 Å². The number of anilines is 1. The van der Waals surface area contributed by atoms with Crippen LogP contribution in [0.3, 0.4) is 0 Å². The summed E-state index contributed by atoms with van der Waals surface area (Å²) in [4.78, 5) is 18.5. The number of aryl methyl sites for hydroxylation is 1. The Kier molecular flexibility index (Phi) is 11.1. The fourth-order valence-electron chi connectivity index (χ4n) is 4.46. The molecule has 0 spiro atoms. The first-order valence-electron chi connectivity index (χ1n) is 14.1. The number of benzene rings is 2. The third-order valence-electron chi connectivity index (χ3n) is 6.68. The average molecular weight is 646 g/mol. The molecule has 0 aliphatic heterocycles. The van der Waals surface area contributed by atoms with Crippen LogP contribution >= 0.6 is 0 Å². The summed E-state index contributed by atoms with van der Waals surface area (Å²) in [6.45, 7) is 4.64. The van der Waals surface area contributed by atoms with Crippen LogP contribution < -0.4 is 15.8 Å². The topological polar surface area (TPSA) is 174 Å². The van der Waals surface area contributed by atoms with Crippen LogP contribution in [-0.4, -0.2) is 66.9 Å². The minimum absolute atomic E-state index is 0.166. The van der Waals surface area contributed by atoms with Crippen molar-refractivity contribution in [2.75, 3.05) is 25.4 Å². The number of aliphatic carboxylic acids is 1. The number of nitrogens with one attached hydrogen (secondary N) is 1. The Morgan fingerprint density at radius 1 is 1.09 bits per heavy atom. The molecule has 3 aromatic heterocycles. The quantitative estimate of drug-likeness (QED) is 0.103. The van der Waals surface area contributed by atoms with E-state index in [-0.39, 0.29) is 11.6 Å². The lowest BCUT2D eigenvalue weighted by atomic mass is 10.1. The number of aromatic hydroxyl groups is 1. The number of unbranched alkanes of at least 4 members (excludes halogenated alkanes) is 1. The van der Waals surface area contributed by atoms with Crippen LogP contribution in [0.1, 0.15) is 25.3 Å². The zero-order valence-corrected chi connectivity index (χ0v) is 24.6. The smallest absolute Gasteiger partial charge is 0.490 e. The Bertz CT molecular complexity index is 1760. The van der Waals surface area contributed by atoms with E-state index in [4.69, 9.17) is 35.0 Å². The maximum absolute atomic E-state index is 13.5. The van der Waals surface area contributed by atoms with E-state index in [0.717, 1.165) is 48.3 Å². The molecule has 0 atom stereocenters. The van der Waals surface area contributed by atoms with Gasteiger partial charge >= 0.3 is 12.1 Å². The molecule has 16 heteroatoms. The second-order valence-electron chi connectivity index (χ2n) is 9.86. The minimum atomic E-state index is -5.08. The number of carboxylic acid groups (broad SMARTS) is 1. The molecular weight excluding hydrogens is 614 g/mol. The number of alkyl halides is 3. The predicted molar refractivity (Wildman–Crippen MR) is 159 cm³/mol. The lowest BCUT2D eigenvalue weighted by molar-refractivity contribution is -0.192. The molecule has 2 aromatic carbocycles. The average Bonchev–Trinajstić information content (AvgIpc) is 3.63. The first-order valence-corrected chi connectivity index (χ1v) is 14.1. The van der Waals surface area contributed by atoms with Crippen molar-refractivity contribution in [3.8, 4) is 34.3 Å². The summed E-state index contributed by atoms with van der Waals surface area (Å²) < 4.78 is 58.2. The monoisotopic (exact) mass is 645 g/mol. The van der Waals surface area contributed by atoms with E-state index in [2.05, 4.69) is 15.6 Å². The summed E-state index contributed by atoms with van der Waals surface area (Å²) in [6.07, 6.45) is -0.931. The number of nitrogen functional groups attached to an aromatic ring is 1. The number of nitrogens with two attached hydrogens (primary N) is 1. The number of phenols is 1. The fourth-order valence-corrected chi connectivity index (χ4v) is 4.46. The van der Waals surface area contributed by atoms with Crippen molar-refractivity contribution < 1.29 is 41.9 Å². The van der Waals surface area contributed by atoms with Gasteiger partial charge in [0.15, 0.2) is 34.7 Å². The minimum Gasteiger partial charge on any atom is -0.505 e. The molecule has 5 N–H and O–H groups in total. The first-order chi connectivity index (χ1) is 22.0. The second-order valence-corrected chi connectivity index (χ2v) is 9.86. The summed E-state index contributed by atoms with van der Waals surface area (Å²) in [5, 5.41) is 27.5. The zero-order valence-electron chi connectivity index (χ0n) is 24.6. The predicted octanol–water partition coefficient (Wildman–Crippen LogP) is 5.22. The number of phenolic OH excluding ortho intramolecular Hbond substituents is 1. The number of hydrogen-bond donors (Lipinski definition) is 4. The molecule has 0 saturated carbocycles. The molecule has 3 heterocycles. The highest BCUT2D eigenvalue weighted by atomic mass is 19.4. The van der Waals surface area contributed by atoms with Gasteiger partial charge in [-0.25, -0.2) is 23.8 Å².